The highest BCUT2D eigenvalue weighted by Crippen LogP contribution is 2.31. The van der Waals surface area contributed by atoms with E-state index < -0.39 is 0 Å². The zero-order chi connectivity index (χ0) is 20.2. The molecule has 0 radical (unpaired) electrons. The fourth-order valence-corrected chi connectivity index (χ4v) is 3.69. The maximum absolute atomic E-state index is 8.79. The summed E-state index contributed by atoms with van der Waals surface area (Å²) in [6, 6.07) is 10.5. The highest BCUT2D eigenvalue weighted by Gasteiger charge is 2.21. The maximum Gasteiger partial charge on any atom is 0.228 e. The smallest absolute Gasteiger partial charge is 0.228 e. The Morgan fingerprint density at radius 3 is 2.76 bits per heavy atom. The fourth-order valence-electron chi connectivity index (χ4n) is 3.69. The van der Waals surface area contributed by atoms with Gasteiger partial charge in [0.15, 0.2) is 0 Å². The molecule has 7 heteroatoms. The summed E-state index contributed by atoms with van der Waals surface area (Å²) >= 11 is 0. The van der Waals surface area contributed by atoms with Crippen molar-refractivity contribution in [2.24, 2.45) is 0 Å². The van der Waals surface area contributed by atoms with E-state index in [0.29, 0.717) is 18.9 Å². The van der Waals surface area contributed by atoms with Gasteiger partial charge in [-0.2, -0.15) is 10.4 Å². The number of aromatic nitrogens is 4. The van der Waals surface area contributed by atoms with Crippen LogP contribution >= 0.6 is 0 Å². The second kappa shape index (κ2) is 8.41. The van der Waals surface area contributed by atoms with Crippen LogP contribution in [0.4, 0.5) is 11.6 Å². The Morgan fingerprint density at radius 1 is 1.17 bits per heavy atom. The Labute approximate surface area is 171 Å². The molecule has 1 aliphatic rings. The lowest BCUT2D eigenvalue weighted by molar-refractivity contribution is 0.402. The van der Waals surface area contributed by atoms with Crippen LogP contribution in [-0.2, 0) is 25.9 Å². The Hall–Kier alpha value is -3.24. The predicted octanol–water partition coefficient (Wildman–Crippen LogP) is 3.55. The summed E-state index contributed by atoms with van der Waals surface area (Å²) in [5, 5.41) is 16.5. The predicted molar refractivity (Wildman–Crippen MR) is 113 cm³/mol. The molecule has 0 saturated heterocycles. The highest BCUT2D eigenvalue weighted by molar-refractivity contribution is 5.66. The topological polar surface area (TPSA) is 82.7 Å². The highest BCUT2D eigenvalue weighted by atomic mass is 15.3. The van der Waals surface area contributed by atoms with Gasteiger partial charge < -0.3 is 10.2 Å². The number of nitriles is 1. The molecule has 0 aliphatic heterocycles. The second-order valence-electron chi connectivity index (χ2n) is 7.63. The number of hydrogen-bond donors (Lipinski definition) is 1. The Bertz CT molecular complexity index is 1030. The molecule has 1 N–H and O–H groups in total. The fraction of sp³-hybridized carbons (Fsp3) is 0.364. The zero-order valence-corrected chi connectivity index (χ0v) is 16.9. The van der Waals surface area contributed by atoms with Crippen molar-refractivity contribution >= 4 is 11.6 Å². The molecule has 1 aliphatic carbocycles. The van der Waals surface area contributed by atoms with Crippen molar-refractivity contribution in [3.05, 3.63) is 53.5 Å². The van der Waals surface area contributed by atoms with E-state index in [1.165, 1.54) is 11.1 Å². The third-order valence-corrected chi connectivity index (χ3v) is 5.00. The number of fused-ring (bicyclic) bond motifs is 1. The van der Waals surface area contributed by atoms with Gasteiger partial charge in [-0.25, -0.2) is 9.97 Å². The van der Waals surface area contributed by atoms with Crippen LogP contribution in [0.25, 0.3) is 11.3 Å². The van der Waals surface area contributed by atoms with Crippen LogP contribution in [-0.4, -0.2) is 38.7 Å². The van der Waals surface area contributed by atoms with Gasteiger partial charge in [0.1, 0.15) is 0 Å². The lowest BCUT2D eigenvalue weighted by atomic mass is 10.1. The van der Waals surface area contributed by atoms with Gasteiger partial charge in [-0.05, 0) is 51.1 Å². The van der Waals surface area contributed by atoms with Gasteiger partial charge >= 0.3 is 0 Å². The first-order valence-electron chi connectivity index (χ1n) is 9.92. The van der Waals surface area contributed by atoms with Crippen molar-refractivity contribution in [3.8, 4) is 17.3 Å². The molecule has 3 aromatic rings. The van der Waals surface area contributed by atoms with Crippen molar-refractivity contribution in [1.82, 2.24) is 24.6 Å². The third-order valence-electron chi connectivity index (χ3n) is 5.00. The van der Waals surface area contributed by atoms with Crippen LogP contribution in [0.1, 0.15) is 29.7 Å². The summed E-state index contributed by atoms with van der Waals surface area (Å²) in [6.07, 6.45) is 7.32. The number of hydrogen-bond acceptors (Lipinski definition) is 6. The van der Waals surface area contributed by atoms with Gasteiger partial charge in [0.25, 0.3) is 0 Å². The zero-order valence-electron chi connectivity index (χ0n) is 16.9. The largest absolute Gasteiger partial charge is 0.324 e. The van der Waals surface area contributed by atoms with Crippen LogP contribution in [0.2, 0.25) is 0 Å². The summed E-state index contributed by atoms with van der Waals surface area (Å²) in [6.45, 7) is 1.50. The van der Waals surface area contributed by atoms with Crippen LogP contribution in [0.3, 0.4) is 0 Å². The number of nitrogens with one attached hydrogen (secondary N) is 1. The van der Waals surface area contributed by atoms with Gasteiger partial charge in [0.05, 0.1) is 30.9 Å². The van der Waals surface area contributed by atoms with Crippen LogP contribution < -0.4 is 5.32 Å². The number of benzene rings is 1. The van der Waals surface area contributed by atoms with Gasteiger partial charge in [0.2, 0.25) is 5.95 Å². The third kappa shape index (κ3) is 4.44. The molecule has 0 spiro atoms. The van der Waals surface area contributed by atoms with E-state index in [1.54, 1.807) is 4.68 Å². The van der Waals surface area contributed by atoms with Crippen LogP contribution in [0, 0.1) is 11.3 Å². The number of rotatable bonds is 7. The van der Waals surface area contributed by atoms with E-state index >= 15 is 0 Å². The average molecular weight is 387 g/mol. The van der Waals surface area contributed by atoms with E-state index in [2.05, 4.69) is 59.7 Å². The van der Waals surface area contributed by atoms with Gasteiger partial charge in [0, 0.05) is 35.2 Å². The summed E-state index contributed by atoms with van der Waals surface area (Å²) < 4.78 is 1.80. The van der Waals surface area contributed by atoms with Crippen molar-refractivity contribution in [3.63, 3.8) is 0 Å². The first-order chi connectivity index (χ1) is 14.1. The Morgan fingerprint density at radius 2 is 2.00 bits per heavy atom. The average Bonchev–Trinajstić information content (AvgIpc) is 3.36. The molecule has 0 atom stereocenters. The van der Waals surface area contributed by atoms with E-state index in [9.17, 15) is 0 Å². The monoisotopic (exact) mass is 387 g/mol. The van der Waals surface area contributed by atoms with Crippen LogP contribution in [0.5, 0.6) is 0 Å². The standard InChI is InChI=1S/C22H25N7/c1-28(2)14-16-7-9-18(10-8-16)25-22-26-20-6-3-5-19(20)21(27-22)17-13-24-29(15-17)12-4-11-23/h7-10,13,15H,3-6,12,14H2,1-2H3,(H,25,26,27). The summed E-state index contributed by atoms with van der Waals surface area (Å²) in [7, 11) is 4.13. The van der Waals surface area contributed by atoms with Crippen molar-refractivity contribution < 1.29 is 0 Å². The number of aryl methyl sites for hydroxylation is 2. The molecule has 4 rings (SSSR count). The molecule has 0 bridgehead atoms. The Kier molecular flexibility index (Phi) is 5.54. The minimum atomic E-state index is 0.444. The molecule has 0 amide bonds. The first kappa shape index (κ1) is 19.1. The van der Waals surface area contributed by atoms with Gasteiger partial charge in [-0.15, -0.1) is 0 Å². The molecule has 0 saturated carbocycles. The summed E-state index contributed by atoms with van der Waals surface area (Å²) in [4.78, 5) is 11.7. The quantitative estimate of drug-likeness (QED) is 0.668. The molecule has 2 aromatic heterocycles. The van der Waals surface area contributed by atoms with E-state index in [0.717, 1.165) is 48.4 Å². The number of anilines is 2. The van der Waals surface area contributed by atoms with E-state index in [4.69, 9.17) is 15.2 Å². The minimum absolute atomic E-state index is 0.444. The van der Waals surface area contributed by atoms with Gasteiger partial charge in [-0.3, -0.25) is 4.68 Å². The molecule has 29 heavy (non-hydrogen) atoms. The minimum Gasteiger partial charge on any atom is -0.324 e. The molecule has 148 valence electrons. The van der Waals surface area contributed by atoms with Crippen molar-refractivity contribution in [2.75, 3.05) is 19.4 Å². The molecule has 1 aromatic carbocycles. The maximum atomic E-state index is 8.79. The van der Waals surface area contributed by atoms with E-state index in [1.807, 2.05) is 12.4 Å². The summed E-state index contributed by atoms with van der Waals surface area (Å²) in [5.41, 5.74) is 6.50. The molecular weight excluding hydrogens is 362 g/mol. The Balaban J connectivity index is 1.60. The van der Waals surface area contributed by atoms with E-state index in [-0.39, 0.29) is 0 Å². The lowest BCUT2D eigenvalue weighted by Gasteiger charge is -2.12. The molecule has 7 nitrogen and oxygen atoms in total. The normalized spacial score (nSPS) is 12.8. The lowest BCUT2D eigenvalue weighted by Crippen LogP contribution is -2.10. The van der Waals surface area contributed by atoms with Crippen molar-refractivity contribution in [2.45, 2.75) is 38.8 Å². The molecule has 2 heterocycles. The molecule has 0 unspecified atom stereocenters. The van der Waals surface area contributed by atoms with Gasteiger partial charge in [-0.1, -0.05) is 12.1 Å². The van der Waals surface area contributed by atoms with Crippen molar-refractivity contribution in [1.29, 1.82) is 5.26 Å². The summed E-state index contributed by atoms with van der Waals surface area (Å²) in [5.74, 6) is 0.616. The van der Waals surface area contributed by atoms with Crippen LogP contribution in [0.15, 0.2) is 36.7 Å². The SMILES string of the molecule is CN(C)Cc1ccc(Nc2nc3c(c(-c4cnn(CCC#N)c4)n2)CCC3)cc1. The number of nitrogens with zero attached hydrogens (tertiary/aromatic N) is 6. The molecule has 0 fully saturated rings. The second-order valence-corrected chi connectivity index (χ2v) is 7.63. The first-order valence-corrected chi connectivity index (χ1v) is 9.92. The molecular formula is C22H25N7.